The van der Waals surface area contributed by atoms with Gasteiger partial charge in [-0.25, -0.2) is 4.98 Å². The molecule has 0 aliphatic heterocycles. The van der Waals surface area contributed by atoms with Gasteiger partial charge in [0.25, 0.3) is 5.56 Å². The Morgan fingerprint density at radius 2 is 1.87 bits per heavy atom. The molecule has 1 heterocycles. The molecule has 1 atom stereocenters. The first-order valence-corrected chi connectivity index (χ1v) is 7.86. The number of nitrogens with one attached hydrogen (secondary N) is 1. The van der Waals surface area contributed by atoms with Gasteiger partial charge in [0.05, 0.1) is 16.9 Å². The summed E-state index contributed by atoms with van der Waals surface area (Å²) in [6, 6.07) is 15.1. The number of benzene rings is 2. The number of rotatable bonds is 4. The molecule has 0 spiro atoms. The van der Waals surface area contributed by atoms with Gasteiger partial charge in [-0.1, -0.05) is 41.9 Å². The van der Waals surface area contributed by atoms with E-state index in [1.165, 1.54) is 0 Å². The molecule has 0 saturated heterocycles. The molecule has 2 aromatic carbocycles. The van der Waals surface area contributed by atoms with E-state index in [9.17, 15) is 4.79 Å². The Balaban J connectivity index is 1.89. The number of halogens is 1. The number of fused-ring (bicyclic) bond motifs is 1. The molecule has 1 N–H and O–H groups in total. The van der Waals surface area contributed by atoms with Crippen LogP contribution in [-0.4, -0.2) is 21.9 Å². The highest BCUT2D eigenvalue weighted by Crippen LogP contribution is 2.22. The summed E-state index contributed by atoms with van der Waals surface area (Å²) in [5.41, 5.74) is 1.65. The summed E-state index contributed by atoms with van der Waals surface area (Å²) < 4.78 is 0. The highest BCUT2D eigenvalue weighted by atomic mass is 35.5. The minimum atomic E-state index is -0.108. The Hall–Kier alpha value is -2.17. The third-order valence-electron chi connectivity index (χ3n) is 4.07. The fraction of sp³-hybridized carbons (Fsp3) is 0.222. The van der Waals surface area contributed by atoms with Crippen molar-refractivity contribution >= 4 is 22.5 Å². The maximum atomic E-state index is 12.2. The van der Waals surface area contributed by atoms with Crippen molar-refractivity contribution in [2.45, 2.75) is 19.5 Å². The minimum Gasteiger partial charge on any atom is -0.309 e. The SMILES string of the molecule is C[C@@H](c1nc2ccccc2c(=O)[nH]1)N(C)Cc1ccccc1Cl. The molecule has 5 heteroatoms. The van der Waals surface area contributed by atoms with E-state index in [0.717, 1.165) is 10.6 Å². The van der Waals surface area contributed by atoms with E-state index in [4.69, 9.17) is 11.6 Å². The lowest BCUT2D eigenvalue weighted by Gasteiger charge is -2.24. The summed E-state index contributed by atoms with van der Waals surface area (Å²) in [5, 5.41) is 1.35. The van der Waals surface area contributed by atoms with E-state index in [2.05, 4.69) is 14.9 Å². The van der Waals surface area contributed by atoms with Crippen molar-refractivity contribution in [3.05, 3.63) is 75.3 Å². The summed E-state index contributed by atoms with van der Waals surface area (Å²) in [4.78, 5) is 21.8. The van der Waals surface area contributed by atoms with Gasteiger partial charge in [-0.2, -0.15) is 0 Å². The zero-order valence-corrected chi connectivity index (χ0v) is 13.8. The van der Waals surface area contributed by atoms with Gasteiger partial charge in [0.2, 0.25) is 0 Å². The van der Waals surface area contributed by atoms with Crippen LogP contribution in [0.4, 0.5) is 0 Å². The van der Waals surface area contributed by atoms with E-state index >= 15 is 0 Å². The van der Waals surface area contributed by atoms with Crippen LogP contribution in [0, 0.1) is 0 Å². The molecule has 4 nitrogen and oxygen atoms in total. The van der Waals surface area contributed by atoms with Gasteiger partial charge in [0, 0.05) is 11.6 Å². The van der Waals surface area contributed by atoms with Gasteiger partial charge in [0.15, 0.2) is 0 Å². The summed E-state index contributed by atoms with van der Waals surface area (Å²) >= 11 is 6.22. The summed E-state index contributed by atoms with van der Waals surface area (Å²) in [7, 11) is 1.99. The third-order valence-corrected chi connectivity index (χ3v) is 4.43. The highest BCUT2D eigenvalue weighted by molar-refractivity contribution is 6.31. The van der Waals surface area contributed by atoms with Crippen LogP contribution >= 0.6 is 11.6 Å². The van der Waals surface area contributed by atoms with Crippen molar-refractivity contribution in [3.8, 4) is 0 Å². The Morgan fingerprint density at radius 3 is 2.65 bits per heavy atom. The summed E-state index contributed by atoms with van der Waals surface area (Å²) in [5.74, 6) is 0.656. The van der Waals surface area contributed by atoms with Gasteiger partial charge in [0.1, 0.15) is 5.82 Å². The van der Waals surface area contributed by atoms with Gasteiger partial charge < -0.3 is 4.98 Å². The molecule has 0 amide bonds. The van der Waals surface area contributed by atoms with Crippen LogP contribution < -0.4 is 5.56 Å². The van der Waals surface area contributed by atoms with Gasteiger partial charge in [-0.15, -0.1) is 0 Å². The Morgan fingerprint density at radius 1 is 1.17 bits per heavy atom. The number of para-hydroxylation sites is 1. The molecule has 0 bridgehead atoms. The van der Waals surface area contributed by atoms with Crippen LogP contribution in [0.2, 0.25) is 5.02 Å². The molecule has 0 fully saturated rings. The maximum Gasteiger partial charge on any atom is 0.258 e. The lowest BCUT2D eigenvalue weighted by molar-refractivity contribution is 0.244. The first kappa shape index (κ1) is 15.7. The normalized spacial score (nSPS) is 12.7. The van der Waals surface area contributed by atoms with E-state index in [1.807, 2.05) is 56.4 Å². The molecule has 23 heavy (non-hydrogen) atoms. The third kappa shape index (κ3) is 3.28. The summed E-state index contributed by atoms with van der Waals surface area (Å²) in [6.45, 7) is 2.70. The standard InChI is InChI=1S/C18H18ClN3O/c1-12(22(2)11-13-7-3-5-9-15(13)19)17-20-16-10-6-4-8-14(16)18(23)21-17/h3-10,12H,11H2,1-2H3,(H,20,21,23)/t12-/m0/s1. The van der Waals surface area contributed by atoms with Crippen molar-refractivity contribution < 1.29 is 0 Å². The van der Waals surface area contributed by atoms with E-state index in [0.29, 0.717) is 23.3 Å². The predicted molar refractivity (Wildman–Crippen MR) is 93.7 cm³/mol. The second-order valence-corrected chi connectivity index (χ2v) is 6.06. The van der Waals surface area contributed by atoms with Crippen LogP contribution in [0.3, 0.4) is 0 Å². The van der Waals surface area contributed by atoms with Crippen molar-refractivity contribution in [1.29, 1.82) is 0 Å². The van der Waals surface area contributed by atoms with Crippen LogP contribution in [0.15, 0.2) is 53.3 Å². The Kier molecular flexibility index (Phi) is 4.46. The Bertz CT molecular complexity index is 891. The zero-order valence-electron chi connectivity index (χ0n) is 13.1. The van der Waals surface area contributed by atoms with Crippen LogP contribution in [0.5, 0.6) is 0 Å². The topological polar surface area (TPSA) is 49.0 Å². The summed E-state index contributed by atoms with van der Waals surface area (Å²) in [6.07, 6.45) is 0. The van der Waals surface area contributed by atoms with Crippen molar-refractivity contribution in [1.82, 2.24) is 14.9 Å². The van der Waals surface area contributed by atoms with Crippen LogP contribution in [0.1, 0.15) is 24.4 Å². The quantitative estimate of drug-likeness (QED) is 0.793. The fourth-order valence-corrected chi connectivity index (χ4v) is 2.74. The zero-order chi connectivity index (χ0) is 16.4. The molecule has 1 aromatic heterocycles. The molecule has 0 aliphatic carbocycles. The first-order valence-electron chi connectivity index (χ1n) is 7.49. The lowest BCUT2D eigenvalue weighted by Crippen LogP contribution is -2.26. The molecule has 3 rings (SSSR count). The monoisotopic (exact) mass is 327 g/mol. The molecule has 0 radical (unpaired) electrons. The first-order chi connectivity index (χ1) is 11.1. The van der Waals surface area contributed by atoms with Crippen molar-refractivity contribution in [2.75, 3.05) is 7.05 Å². The molecule has 0 saturated carbocycles. The van der Waals surface area contributed by atoms with Gasteiger partial charge in [-0.3, -0.25) is 9.69 Å². The fourth-order valence-electron chi connectivity index (χ4n) is 2.54. The number of nitrogens with zero attached hydrogens (tertiary/aromatic N) is 2. The molecular weight excluding hydrogens is 310 g/mol. The van der Waals surface area contributed by atoms with Gasteiger partial charge in [-0.05, 0) is 37.7 Å². The number of aromatic nitrogens is 2. The smallest absolute Gasteiger partial charge is 0.258 e. The van der Waals surface area contributed by atoms with Crippen LogP contribution in [-0.2, 0) is 6.54 Å². The predicted octanol–water partition coefficient (Wildman–Crippen LogP) is 3.77. The Labute approximate surface area is 139 Å². The van der Waals surface area contributed by atoms with Crippen LogP contribution in [0.25, 0.3) is 10.9 Å². The molecule has 0 aliphatic rings. The van der Waals surface area contributed by atoms with E-state index in [-0.39, 0.29) is 11.6 Å². The molecule has 118 valence electrons. The number of hydrogen-bond donors (Lipinski definition) is 1. The largest absolute Gasteiger partial charge is 0.309 e. The molecule has 3 aromatic rings. The molecule has 0 unspecified atom stereocenters. The number of hydrogen-bond acceptors (Lipinski definition) is 3. The molecular formula is C18H18ClN3O. The van der Waals surface area contributed by atoms with Gasteiger partial charge >= 0.3 is 0 Å². The maximum absolute atomic E-state index is 12.2. The van der Waals surface area contributed by atoms with Crippen molar-refractivity contribution in [3.63, 3.8) is 0 Å². The second kappa shape index (κ2) is 6.52. The van der Waals surface area contributed by atoms with E-state index in [1.54, 1.807) is 6.07 Å². The highest BCUT2D eigenvalue weighted by Gasteiger charge is 2.16. The second-order valence-electron chi connectivity index (χ2n) is 5.65. The average molecular weight is 328 g/mol. The van der Waals surface area contributed by atoms with E-state index < -0.39 is 0 Å². The number of H-pyrrole nitrogens is 1. The number of aromatic amines is 1. The minimum absolute atomic E-state index is 0.0384. The lowest BCUT2D eigenvalue weighted by atomic mass is 10.1. The average Bonchev–Trinajstić information content (AvgIpc) is 2.56. The van der Waals surface area contributed by atoms with Crippen molar-refractivity contribution in [2.24, 2.45) is 0 Å².